The van der Waals surface area contributed by atoms with E-state index in [2.05, 4.69) is 10.4 Å². The highest BCUT2D eigenvalue weighted by Crippen LogP contribution is 2.65. The van der Waals surface area contributed by atoms with Crippen LogP contribution < -0.4 is 15.6 Å². The number of ether oxygens (including phenoxy) is 1. The first-order valence-corrected chi connectivity index (χ1v) is 11.7. The Morgan fingerprint density at radius 3 is 2.56 bits per heavy atom. The minimum absolute atomic E-state index is 0.108. The molecule has 4 atom stereocenters. The number of halogens is 1. The molecule has 1 aromatic heterocycles. The molecule has 2 N–H and O–H groups in total. The molecule has 0 radical (unpaired) electrons. The van der Waals surface area contributed by atoms with Gasteiger partial charge in [0.2, 0.25) is 0 Å². The summed E-state index contributed by atoms with van der Waals surface area (Å²) in [4.78, 5) is 25.0. The van der Waals surface area contributed by atoms with Crippen molar-refractivity contribution in [1.82, 2.24) is 9.78 Å². The molecule has 4 aliphatic carbocycles. The first kappa shape index (κ1) is 21.3. The van der Waals surface area contributed by atoms with Crippen molar-refractivity contribution >= 4 is 28.9 Å². The summed E-state index contributed by atoms with van der Waals surface area (Å²) < 4.78 is 7.04. The molecule has 4 aliphatic rings. The van der Waals surface area contributed by atoms with E-state index in [1.165, 1.54) is 0 Å². The highest BCUT2D eigenvalue weighted by Gasteiger charge is 2.59. The normalized spacial score (nSPS) is 30.3. The Morgan fingerprint density at radius 1 is 1.25 bits per heavy atom. The van der Waals surface area contributed by atoms with Crippen LogP contribution in [0.5, 0.6) is 5.75 Å². The lowest BCUT2D eigenvalue weighted by molar-refractivity contribution is -0.151. The standard InChI is InChI=1S/C24H28ClN3O4/c1-2-32-18-5-3-17(4-6-18)27-19-13-26-28(22(31)21(19)25)24-10-15-7-16(11-24)9-23(8-15,14-24)12-20(29)30/h3-6,13,15-16,27H,2,7-12,14H2,1H3,(H,29,30)/t15-,16+,23?,24?. The first-order chi connectivity index (χ1) is 15.3. The van der Waals surface area contributed by atoms with Crippen LogP contribution in [0, 0.1) is 17.3 Å². The minimum atomic E-state index is -0.754. The summed E-state index contributed by atoms with van der Waals surface area (Å²) >= 11 is 6.53. The second kappa shape index (κ2) is 7.80. The van der Waals surface area contributed by atoms with E-state index in [4.69, 9.17) is 16.3 Å². The molecule has 4 fully saturated rings. The van der Waals surface area contributed by atoms with Crippen molar-refractivity contribution in [2.24, 2.45) is 17.3 Å². The van der Waals surface area contributed by atoms with Gasteiger partial charge in [-0.15, -0.1) is 0 Å². The van der Waals surface area contributed by atoms with Crippen molar-refractivity contribution in [1.29, 1.82) is 0 Å². The van der Waals surface area contributed by atoms with E-state index in [-0.39, 0.29) is 22.4 Å². The number of anilines is 2. The van der Waals surface area contributed by atoms with Crippen molar-refractivity contribution in [3.05, 3.63) is 45.8 Å². The zero-order valence-electron chi connectivity index (χ0n) is 18.1. The number of rotatable bonds is 7. The molecule has 4 saturated carbocycles. The molecule has 2 aromatic rings. The summed E-state index contributed by atoms with van der Waals surface area (Å²) in [5.41, 5.74) is 0.266. The first-order valence-electron chi connectivity index (χ1n) is 11.3. The van der Waals surface area contributed by atoms with Crippen LogP contribution in [0.3, 0.4) is 0 Å². The van der Waals surface area contributed by atoms with Crippen LogP contribution in [0.15, 0.2) is 35.3 Å². The van der Waals surface area contributed by atoms with Crippen molar-refractivity contribution in [2.75, 3.05) is 11.9 Å². The van der Waals surface area contributed by atoms with Gasteiger partial charge in [-0.3, -0.25) is 9.59 Å². The largest absolute Gasteiger partial charge is 0.494 e. The lowest BCUT2D eigenvalue weighted by atomic mass is 9.46. The molecule has 32 heavy (non-hydrogen) atoms. The quantitative estimate of drug-likeness (QED) is 0.619. The summed E-state index contributed by atoms with van der Waals surface area (Å²) in [6.07, 6.45) is 7.23. The second-order valence-electron chi connectivity index (χ2n) is 9.93. The average Bonchev–Trinajstić information content (AvgIpc) is 2.71. The van der Waals surface area contributed by atoms with E-state index in [0.29, 0.717) is 30.6 Å². The summed E-state index contributed by atoms with van der Waals surface area (Å²) in [5.74, 6) is 0.916. The predicted octanol–water partition coefficient (Wildman–Crippen LogP) is 4.81. The molecule has 0 spiro atoms. The van der Waals surface area contributed by atoms with Crippen LogP contribution in [-0.2, 0) is 10.3 Å². The van der Waals surface area contributed by atoms with Gasteiger partial charge in [0, 0.05) is 5.69 Å². The van der Waals surface area contributed by atoms with Crippen molar-refractivity contribution < 1.29 is 14.6 Å². The third kappa shape index (κ3) is 3.66. The van der Waals surface area contributed by atoms with Crippen LogP contribution in [0.25, 0.3) is 0 Å². The van der Waals surface area contributed by atoms with Crippen LogP contribution in [-0.4, -0.2) is 27.5 Å². The maximum Gasteiger partial charge on any atom is 0.303 e. The van der Waals surface area contributed by atoms with Gasteiger partial charge < -0.3 is 15.2 Å². The minimum Gasteiger partial charge on any atom is -0.494 e. The number of benzene rings is 1. The number of hydrogen-bond acceptors (Lipinski definition) is 5. The summed E-state index contributed by atoms with van der Waals surface area (Å²) in [5, 5.41) is 17.4. The van der Waals surface area contributed by atoms with Gasteiger partial charge >= 0.3 is 5.97 Å². The van der Waals surface area contributed by atoms with Crippen LogP contribution in [0.1, 0.15) is 51.9 Å². The summed E-state index contributed by atoms with van der Waals surface area (Å²) in [6, 6.07) is 7.43. The number of carbonyl (C=O) groups is 1. The van der Waals surface area contributed by atoms with Gasteiger partial charge in [-0.05, 0) is 87.0 Å². The van der Waals surface area contributed by atoms with Crippen molar-refractivity contribution in [3.63, 3.8) is 0 Å². The fourth-order valence-corrected chi connectivity index (χ4v) is 7.17. The summed E-state index contributed by atoms with van der Waals surface area (Å²) in [6.45, 7) is 2.53. The predicted molar refractivity (Wildman–Crippen MR) is 122 cm³/mol. The fourth-order valence-electron chi connectivity index (χ4n) is 6.99. The molecular formula is C24H28ClN3O4. The Balaban J connectivity index is 1.44. The van der Waals surface area contributed by atoms with E-state index in [9.17, 15) is 14.7 Å². The molecule has 7 nitrogen and oxygen atoms in total. The molecule has 0 aliphatic heterocycles. The molecule has 8 heteroatoms. The van der Waals surface area contributed by atoms with Gasteiger partial charge in [0.1, 0.15) is 10.8 Å². The molecule has 0 saturated heterocycles. The molecule has 1 heterocycles. The average molecular weight is 458 g/mol. The number of carboxylic acid groups (broad SMARTS) is 1. The van der Waals surface area contributed by atoms with Crippen LogP contribution in [0.4, 0.5) is 11.4 Å². The Morgan fingerprint density at radius 2 is 1.94 bits per heavy atom. The Kier molecular flexibility index (Phi) is 5.19. The van der Waals surface area contributed by atoms with Gasteiger partial charge in [0.15, 0.2) is 0 Å². The number of aromatic nitrogens is 2. The van der Waals surface area contributed by atoms with E-state index in [0.717, 1.165) is 43.5 Å². The monoisotopic (exact) mass is 457 g/mol. The van der Waals surface area contributed by atoms with Gasteiger partial charge in [0.25, 0.3) is 5.56 Å². The second-order valence-corrected chi connectivity index (χ2v) is 10.3. The Hall–Kier alpha value is -2.54. The zero-order valence-corrected chi connectivity index (χ0v) is 18.9. The molecular weight excluding hydrogens is 430 g/mol. The summed E-state index contributed by atoms with van der Waals surface area (Å²) in [7, 11) is 0. The van der Waals surface area contributed by atoms with Crippen molar-refractivity contribution in [3.8, 4) is 5.75 Å². The lowest BCUT2D eigenvalue weighted by Crippen LogP contribution is -2.59. The Bertz CT molecular complexity index is 1080. The maximum absolute atomic E-state index is 13.4. The van der Waals surface area contributed by atoms with E-state index in [1.807, 2.05) is 31.2 Å². The molecule has 6 rings (SSSR count). The lowest BCUT2D eigenvalue weighted by Gasteiger charge is -2.61. The molecule has 1 aromatic carbocycles. The smallest absolute Gasteiger partial charge is 0.303 e. The molecule has 4 bridgehead atoms. The molecule has 2 unspecified atom stereocenters. The van der Waals surface area contributed by atoms with Gasteiger partial charge in [-0.1, -0.05) is 11.6 Å². The molecule has 170 valence electrons. The van der Waals surface area contributed by atoms with Gasteiger partial charge in [-0.25, -0.2) is 4.68 Å². The third-order valence-electron chi connectivity index (χ3n) is 7.49. The highest BCUT2D eigenvalue weighted by molar-refractivity contribution is 6.33. The zero-order chi connectivity index (χ0) is 22.5. The van der Waals surface area contributed by atoms with Gasteiger partial charge in [-0.2, -0.15) is 5.10 Å². The number of aliphatic carboxylic acids is 1. The fraction of sp³-hybridized carbons (Fsp3) is 0.542. The number of carboxylic acids is 1. The van der Waals surface area contributed by atoms with E-state index >= 15 is 0 Å². The maximum atomic E-state index is 13.4. The SMILES string of the molecule is CCOc1ccc(Nc2cnn(C34C[C@@H]5C[C@@H](CC(CC(=O)O)(C5)C3)C4)c(=O)c2Cl)cc1. The van der Waals surface area contributed by atoms with Gasteiger partial charge in [0.05, 0.1) is 30.5 Å². The van der Waals surface area contributed by atoms with E-state index in [1.54, 1.807) is 10.9 Å². The number of nitrogens with one attached hydrogen (secondary N) is 1. The van der Waals surface area contributed by atoms with Crippen LogP contribution in [0.2, 0.25) is 5.02 Å². The molecule has 0 amide bonds. The Labute approximate surface area is 191 Å². The number of hydrogen-bond donors (Lipinski definition) is 2. The third-order valence-corrected chi connectivity index (χ3v) is 7.86. The highest BCUT2D eigenvalue weighted by atomic mass is 35.5. The van der Waals surface area contributed by atoms with Crippen LogP contribution >= 0.6 is 11.6 Å². The van der Waals surface area contributed by atoms with E-state index < -0.39 is 11.5 Å². The topological polar surface area (TPSA) is 93.4 Å². The van der Waals surface area contributed by atoms with Crippen molar-refractivity contribution in [2.45, 2.75) is 57.4 Å². The number of nitrogens with zero attached hydrogens (tertiary/aromatic N) is 2.